The Kier molecular flexibility index (Phi) is 2.35. The van der Waals surface area contributed by atoms with Crippen LogP contribution in [-0.2, 0) is 4.74 Å². The van der Waals surface area contributed by atoms with Crippen molar-refractivity contribution < 1.29 is 4.74 Å². The van der Waals surface area contributed by atoms with Crippen LogP contribution in [0.15, 0.2) is 24.3 Å². The number of hydrogen-bond acceptors (Lipinski definition) is 2. The van der Waals surface area contributed by atoms with Gasteiger partial charge in [0.05, 0.1) is 23.2 Å². The van der Waals surface area contributed by atoms with E-state index in [2.05, 4.69) is 27.8 Å². The Hall–Kier alpha value is -1.13. The summed E-state index contributed by atoms with van der Waals surface area (Å²) in [6.45, 7) is 0.868. The van der Waals surface area contributed by atoms with Gasteiger partial charge in [-0.3, -0.25) is 0 Å². The first-order chi connectivity index (χ1) is 8.84. The van der Waals surface area contributed by atoms with Gasteiger partial charge in [-0.15, -0.1) is 0 Å². The van der Waals surface area contributed by atoms with Gasteiger partial charge < -0.3 is 14.3 Å². The minimum Gasteiger partial charge on any atom is -0.376 e. The van der Waals surface area contributed by atoms with E-state index in [0.29, 0.717) is 12.1 Å². The number of para-hydroxylation sites is 2. The summed E-state index contributed by atoms with van der Waals surface area (Å²) in [5.74, 6) is 0.757. The molecule has 3 nitrogen and oxygen atoms in total. The van der Waals surface area contributed by atoms with Crippen molar-refractivity contribution in [3.05, 3.63) is 29.0 Å². The molecule has 0 amide bonds. The summed E-state index contributed by atoms with van der Waals surface area (Å²) in [6.07, 6.45) is 4.08. The predicted molar refractivity (Wildman–Crippen MR) is 73.2 cm³/mol. The van der Waals surface area contributed by atoms with Crippen molar-refractivity contribution in [1.29, 1.82) is 0 Å². The molecule has 18 heavy (non-hydrogen) atoms. The smallest absolute Gasteiger partial charge is 0.178 e. The molecular formula is C14H16N2OS. The fraction of sp³-hybridized carbons (Fsp3) is 0.500. The van der Waals surface area contributed by atoms with Crippen LogP contribution in [0.4, 0.5) is 0 Å². The van der Waals surface area contributed by atoms with E-state index >= 15 is 0 Å². The highest BCUT2D eigenvalue weighted by Crippen LogP contribution is 2.44. The van der Waals surface area contributed by atoms with E-state index in [4.69, 9.17) is 17.0 Å². The van der Waals surface area contributed by atoms with E-state index < -0.39 is 0 Å². The zero-order valence-electron chi connectivity index (χ0n) is 10.1. The fourth-order valence-corrected chi connectivity index (χ4v) is 3.50. The van der Waals surface area contributed by atoms with E-state index in [1.54, 1.807) is 0 Å². The molecule has 1 N–H and O–H groups in total. The molecule has 1 aromatic carbocycles. The van der Waals surface area contributed by atoms with Crippen LogP contribution in [0.1, 0.15) is 25.3 Å². The SMILES string of the molecule is S=c1[nH]c2ccccc2n1C1CCOC1C1CC1. The van der Waals surface area contributed by atoms with Crippen molar-refractivity contribution in [2.45, 2.75) is 31.4 Å². The molecule has 0 spiro atoms. The Bertz CT molecular complexity index is 641. The number of benzene rings is 1. The summed E-state index contributed by atoms with van der Waals surface area (Å²) >= 11 is 5.50. The topological polar surface area (TPSA) is 29.9 Å². The second kappa shape index (κ2) is 3.93. The molecule has 1 aliphatic carbocycles. The lowest BCUT2D eigenvalue weighted by molar-refractivity contribution is 0.0756. The fourth-order valence-electron chi connectivity index (χ4n) is 3.15. The molecule has 1 aromatic heterocycles. The Labute approximate surface area is 111 Å². The zero-order chi connectivity index (χ0) is 12.1. The normalized spacial score (nSPS) is 28.0. The van der Waals surface area contributed by atoms with E-state index in [-0.39, 0.29) is 0 Å². The molecule has 94 valence electrons. The van der Waals surface area contributed by atoms with E-state index in [1.165, 1.54) is 18.4 Å². The molecule has 2 aliphatic rings. The largest absolute Gasteiger partial charge is 0.376 e. The first-order valence-corrected chi connectivity index (χ1v) is 7.06. The van der Waals surface area contributed by atoms with Gasteiger partial charge in [-0.1, -0.05) is 12.1 Å². The third kappa shape index (κ3) is 1.56. The maximum Gasteiger partial charge on any atom is 0.178 e. The Balaban J connectivity index is 1.86. The maximum atomic E-state index is 5.94. The predicted octanol–water partition coefficient (Wildman–Crippen LogP) is 3.44. The van der Waals surface area contributed by atoms with Gasteiger partial charge in [0.25, 0.3) is 0 Å². The van der Waals surface area contributed by atoms with Crippen molar-refractivity contribution >= 4 is 23.3 Å². The van der Waals surface area contributed by atoms with Gasteiger partial charge >= 0.3 is 0 Å². The number of nitrogens with zero attached hydrogens (tertiary/aromatic N) is 1. The van der Waals surface area contributed by atoms with E-state index in [0.717, 1.165) is 29.2 Å². The van der Waals surface area contributed by atoms with Crippen molar-refractivity contribution in [2.24, 2.45) is 5.92 Å². The molecule has 4 rings (SSSR count). The lowest BCUT2D eigenvalue weighted by Gasteiger charge is -2.20. The van der Waals surface area contributed by atoms with Crippen LogP contribution in [0, 0.1) is 10.7 Å². The van der Waals surface area contributed by atoms with Crippen LogP contribution < -0.4 is 0 Å². The van der Waals surface area contributed by atoms with Crippen LogP contribution in [0.3, 0.4) is 0 Å². The summed E-state index contributed by atoms with van der Waals surface area (Å²) in [5, 5.41) is 0. The number of hydrogen-bond donors (Lipinski definition) is 1. The average Bonchev–Trinajstić information content (AvgIpc) is 3.01. The van der Waals surface area contributed by atoms with Crippen molar-refractivity contribution in [2.75, 3.05) is 6.61 Å². The lowest BCUT2D eigenvalue weighted by atomic mass is 10.1. The van der Waals surface area contributed by atoms with Gasteiger partial charge in [0.15, 0.2) is 4.77 Å². The van der Waals surface area contributed by atoms with Crippen molar-refractivity contribution in [3.63, 3.8) is 0 Å². The Morgan fingerprint density at radius 3 is 2.89 bits per heavy atom. The van der Waals surface area contributed by atoms with E-state index in [1.807, 2.05) is 6.07 Å². The van der Waals surface area contributed by atoms with Crippen LogP contribution in [0.2, 0.25) is 0 Å². The van der Waals surface area contributed by atoms with Gasteiger partial charge in [-0.2, -0.15) is 0 Å². The molecule has 4 heteroatoms. The first-order valence-electron chi connectivity index (χ1n) is 6.65. The molecule has 2 atom stereocenters. The number of imidazole rings is 1. The summed E-state index contributed by atoms with van der Waals surface area (Å²) in [4.78, 5) is 3.31. The highest BCUT2D eigenvalue weighted by atomic mass is 32.1. The second-order valence-corrected chi connectivity index (χ2v) is 5.73. The second-order valence-electron chi connectivity index (χ2n) is 5.35. The molecule has 1 saturated heterocycles. The molecule has 2 unspecified atom stereocenters. The number of aromatic nitrogens is 2. The van der Waals surface area contributed by atoms with E-state index in [9.17, 15) is 0 Å². The number of rotatable bonds is 2. The molecule has 2 aromatic rings. The van der Waals surface area contributed by atoms with Gasteiger partial charge in [-0.25, -0.2) is 0 Å². The number of ether oxygens (including phenoxy) is 1. The molecule has 0 radical (unpaired) electrons. The minimum absolute atomic E-state index is 0.371. The first kappa shape index (κ1) is 10.8. The van der Waals surface area contributed by atoms with Gasteiger partial charge in [-0.05, 0) is 49.5 Å². The van der Waals surface area contributed by atoms with Gasteiger partial charge in [0, 0.05) is 6.61 Å². The molecule has 1 saturated carbocycles. The van der Waals surface area contributed by atoms with Gasteiger partial charge in [0.1, 0.15) is 0 Å². The van der Waals surface area contributed by atoms with Crippen molar-refractivity contribution in [1.82, 2.24) is 9.55 Å². The minimum atomic E-state index is 0.371. The average molecular weight is 260 g/mol. The molecule has 1 aliphatic heterocycles. The summed E-state index contributed by atoms with van der Waals surface area (Å²) < 4.78 is 9.05. The standard InChI is InChI=1S/C14H16N2OS/c18-14-15-10-3-1-2-4-11(10)16(14)12-7-8-17-13(12)9-5-6-9/h1-4,9,12-13H,5-8H2,(H,15,18). The molecule has 2 fully saturated rings. The number of H-pyrrole nitrogens is 1. The van der Waals surface area contributed by atoms with Crippen LogP contribution >= 0.6 is 12.2 Å². The van der Waals surface area contributed by atoms with Gasteiger partial charge in [0.2, 0.25) is 0 Å². The van der Waals surface area contributed by atoms with Crippen LogP contribution in [0.25, 0.3) is 11.0 Å². The number of nitrogens with one attached hydrogen (secondary N) is 1. The van der Waals surface area contributed by atoms with Crippen LogP contribution in [0.5, 0.6) is 0 Å². The zero-order valence-corrected chi connectivity index (χ0v) is 11.0. The third-order valence-corrected chi connectivity index (χ3v) is 4.44. The highest BCUT2D eigenvalue weighted by molar-refractivity contribution is 7.71. The highest BCUT2D eigenvalue weighted by Gasteiger charge is 2.42. The summed E-state index contributed by atoms with van der Waals surface area (Å²) in [5.41, 5.74) is 2.34. The molecule has 0 bridgehead atoms. The summed E-state index contributed by atoms with van der Waals surface area (Å²) in [6, 6.07) is 8.76. The van der Waals surface area contributed by atoms with Crippen LogP contribution in [-0.4, -0.2) is 22.3 Å². The Morgan fingerprint density at radius 2 is 2.06 bits per heavy atom. The number of fused-ring (bicyclic) bond motifs is 1. The molecule has 2 heterocycles. The molecular weight excluding hydrogens is 244 g/mol. The Morgan fingerprint density at radius 1 is 1.22 bits per heavy atom. The monoisotopic (exact) mass is 260 g/mol. The number of aromatic amines is 1. The lowest BCUT2D eigenvalue weighted by Crippen LogP contribution is -2.22. The third-order valence-electron chi connectivity index (χ3n) is 4.15. The summed E-state index contributed by atoms with van der Waals surface area (Å²) in [7, 11) is 0. The maximum absolute atomic E-state index is 5.94. The van der Waals surface area contributed by atoms with Crippen molar-refractivity contribution in [3.8, 4) is 0 Å². The quantitative estimate of drug-likeness (QED) is 0.838.